The average Bonchev–Trinajstić information content (AvgIpc) is 3.36. The SMILES string of the molecule is C=C(/C=C\C(=C)c1ccc2c(c1)-c1ccccc1\C=C/C=c1\c(oc3ccccc13)=C\N2)/C=C\C1=C(C)C=C=CC=C1.CNc1ccccc1C. The highest BCUT2D eigenvalue weighted by Crippen LogP contribution is 2.34. The summed E-state index contributed by atoms with van der Waals surface area (Å²) >= 11 is 0. The third-order valence-electron chi connectivity index (χ3n) is 8.81. The molecule has 2 N–H and O–H groups in total. The highest BCUT2D eigenvalue weighted by atomic mass is 16.3. The van der Waals surface area contributed by atoms with E-state index in [1.54, 1.807) is 0 Å². The second-order valence-corrected chi connectivity index (χ2v) is 12.3. The van der Waals surface area contributed by atoms with E-state index in [9.17, 15) is 0 Å². The van der Waals surface area contributed by atoms with Crippen LogP contribution in [-0.4, -0.2) is 7.05 Å². The summed E-state index contributed by atoms with van der Waals surface area (Å²) in [7, 11) is 1.93. The maximum atomic E-state index is 6.21. The number of fused-ring (bicyclic) bond motifs is 6. The molecule has 4 aromatic carbocycles. The maximum absolute atomic E-state index is 6.21. The van der Waals surface area contributed by atoms with Crippen LogP contribution in [0.4, 0.5) is 11.4 Å². The van der Waals surface area contributed by atoms with Gasteiger partial charge in [0.25, 0.3) is 0 Å². The van der Waals surface area contributed by atoms with E-state index in [0.717, 1.165) is 71.8 Å². The first-order valence-electron chi connectivity index (χ1n) is 17.0. The first-order valence-corrected chi connectivity index (χ1v) is 17.0. The summed E-state index contributed by atoms with van der Waals surface area (Å²) in [6.07, 6.45) is 24.4. The summed E-state index contributed by atoms with van der Waals surface area (Å²) in [5.41, 5.74) is 16.8. The molecule has 0 saturated heterocycles. The van der Waals surface area contributed by atoms with E-state index in [0.29, 0.717) is 0 Å². The normalized spacial score (nSPS) is 15.1. The van der Waals surface area contributed by atoms with Crippen molar-refractivity contribution < 1.29 is 4.42 Å². The molecule has 250 valence electrons. The van der Waals surface area contributed by atoms with Gasteiger partial charge in [-0.05, 0) is 94.8 Å². The molecule has 51 heavy (non-hydrogen) atoms. The Morgan fingerprint density at radius 3 is 2.47 bits per heavy atom. The molecular formula is C48H42N2O. The Hall–Kier alpha value is -6.54. The van der Waals surface area contributed by atoms with E-state index in [4.69, 9.17) is 4.42 Å². The monoisotopic (exact) mass is 662 g/mol. The molecule has 2 aliphatic rings. The van der Waals surface area contributed by atoms with Crippen molar-refractivity contribution in [2.75, 3.05) is 17.7 Å². The molecule has 0 bridgehead atoms. The first kappa shape index (κ1) is 34.3. The largest absolute Gasteiger partial charge is 0.455 e. The van der Waals surface area contributed by atoms with Crippen molar-refractivity contribution >= 4 is 46.3 Å². The van der Waals surface area contributed by atoms with E-state index in [1.165, 1.54) is 11.3 Å². The molecule has 1 aliphatic heterocycles. The number of anilines is 2. The van der Waals surface area contributed by atoms with Gasteiger partial charge in [-0.15, -0.1) is 5.73 Å². The molecule has 3 nitrogen and oxygen atoms in total. The predicted molar refractivity (Wildman–Crippen MR) is 221 cm³/mol. The third kappa shape index (κ3) is 8.37. The van der Waals surface area contributed by atoms with Crippen LogP contribution in [0.25, 0.3) is 46.0 Å². The molecule has 0 atom stereocenters. The topological polar surface area (TPSA) is 37.2 Å². The van der Waals surface area contributed by atoms with Crippen LogP contribution in [0, 0.1) is 6.92 Å². The van der Waals surface area contributed by atoms with E-state index in [1.807, 2.05) is 80.0 Å². The van der Waals surface area contributed by atoms with Gasteiger partial charge >= 0.3 is 0 Å². The van der Waals surface area contributed by atoms with Gasteiger partial charge in [-0.25, -0.2) is 0 Å². The molecule has 0 spiro atoms. The van der Waals surface area contributed by atoms with Crippen molar-refractivity contribution in [1.29, 1.82) is 0 Å². The number of hydrogen-bond donors (Lipinski definition) is 2. The average molecular weight is 663 g/mol. The number of benzene rings is 4. The Bertz CT molecular complexity index is 2470. The number of furan rings is 1. The van der Waals surface area contributed by atoms with Gasteiger partial charge in [-0.2, -0.15) is 0 Å². The van der Waals surface area contributed by atoms with Crippen LogP contribution >= 0.6 is 0 Å². The maximum Gasteiger partial charge on any atom is 0.151 e. The zero-order chi connectivity index (χ0) is 35.6. The van der Waals surface area contributed by atoms with Crippen molar-refractivity contribution in [2.45, 2.75) is 13.8 Å². The second kappa shape index (κ2) is 16.2. The lowest BCUT2D eigenvalue weighted by molar-refractivity contribution is 0.575. The van der Waals surface area contributed by atoms with Crippen LogP contribution in [0.15, 0.2) is 186 Å². The fourth-order valence-corrected chi connectivity index (χ4v) is 5.93. The Morgan fingerprint density at radius 2 is 1.63 bits per heavy atom. The minimum Gasteiger partial charge on any atom is -0.455 e. The van der Waals surface area contributed by atoms with Crippen LogP contribution in [0.1, 0.15) is 23.6 Å². The van der Waals surface area contributed by atoms with Gasteiger partial charge in [0.1, 0.15) is 5.58 Å². The van der Waals surface area contributed by atoms with Crippen molar-refractivity contribution in [3.05, 3.63) is 209 Å². The molecule has 0 fully saturated rings. The minimum atomic E-state index is 0.790. The third-order valence-corrected chi connectivity index (χ3v) is 8.81. The molecule has 0 amide bonds. The molecule has 0 radical (unpaired) electrons. The summed E-state index contributed by atoms with van der Waals surface area (Å²) in [6, 6.07) is 31.2. The van der Waals surface area contributed by atoms with Crippen molar-refractivity contribution in [3.63, 3.8) is 0 Å². The summed E-state index contributed by atoms with van der Waals surface area (Å²) < 4.78 is 6.21. The van der Waals surface area contributed by atoms with Crippen molar-refractivity contribution in [1.82, 2.24) is 0 Å². The van der Waals surface area contributed by atoms with Crippen molar-refractivity contribution in [2.24, 2.45) is 0 Å². The number of para-hydroxylation sites is 2. The van der Waals surface area contributed by atoms with Crippen LogP contribution in [0.5, 0.6) is 0 Å². The number of nitrogens with one attached hydrogen (secondary N) is 2. The van der Waals surface area contributed by atoms with E-state index in [2.05, 4.69) is 134 Å². The number of allylic oxidation sites excluding steroid dienone is 12. The van der Waals surface area contributed by atoms with Gasteiger partial charge in [0.05, 0.1) is 0 Å². The molecular weight excluding hydrogens is 621 g/mol. The number of aryl methyl sites for hydroxylation is 1. The fraction of sp³-hybridized carbons (Fsp3) is 0.0625. The molecule has 3 heteroatoms. The van der Waals surface area contributed by atoms with Gasteiger partial charge in [0, 0.05) is 40.8 Å². The van der Waals surface area contributed by atoms with Crippen LogP contribution in [0.2, 0.25) is 0 Å². The zero-order valence-electron chi connectivity index (χ0n) is 29.4. The van der Waals surface area contributed by atoms with E-state index in [-0.39, 0.29) is 0 Å². The second-order valence-electron chi connectivity index (χ2n) is 12.3. The molecule has 0 saturated carbocycles. The molecule has 2 heterocycles. The quantitative estimate of drug-likeness (QED) is 0.140. The lowest BCUT2D eigenvalue weighted by Crippen LogP contribution is -2.21. The fourth-order valence-electron chi connectivity index (χ4n) is 5.93. The number of rotatable bonds is 6. The highest BCUT2D eigenvalue weighted by molar-refractivity contribution is 5.90. The van der Waals surface area contributed by atoms with Gasteiger partial charge in [-0.3, -0.25) is 0 Å². The summed E-state index contributed by atoms with van der Waals surface area (Å²) in [4.78, 5) is 0. The zero-order valence-corrected chi connectivity index (χ0v) is 29.4. The van der Waals surface area contributed by atoms with Crippen LogP contribution in [-0.2, 0) is 0 Å². The smallest absolute Gasteiger partial charge is 0.151 e. The van der Waals surface area contributed by atoms with E-state index >= 15 is 0 Å². The summed E-state index contributed by atoms with van der Waals surface area (Å²) in [5, 5.41) is 8.77. The molecule has 0 unspecified atom stereocenters. The van der Waals surface area contributed by atoms with Crippen LogP contribution in [0.3, 0.4) is 0 Å². The van der Waals surface area contributed by atoms with Crippen molar-refractivity contribution in [3.8, 4) is 11.1 Å². The van der Waals surface area contributed by atoms with Gasteiger partial charge in [0.2, 0.25) is 0 Å². The molecule has 5 aromatic rings. The predicted octanol–water partition coefficient (Wildman–Crippen LogP) is 11.1. The summed E-state index contributed by atoms with van der Waals surface area (Å²) in [6.45, 7) is 12.7. The first-order chi connectivity index (χ1) is 24.9. The van der Waals surface area contributed by atoms with Gasteiger partial charge < -0.3 is 15.1 Å². The summed E-state index contributed by atoms with van der Waals surface area (Å²) in [5.74, 6) is 0. The Kier molecular flexibility index (Phi) is 10.9. The Balaban J connectivity index is 0.000000435. The van der Waals surface area contributed by atoms with Gasteiger partial charge in [0.15, 0.2) is 5.42 Å². The number of hydrogen-bond acceptors (Lipinski definition) is 3. The Morgan fingerprint density at radius 1 is 0.824 bits per heavy atom. The lowest BCUT2D eigenvalue weighted by Gasteiger charge is -2.14. The van der Waals surface area contributed by atoms with E-state index < -0.39 is 0 Å². The molecule has 7 rings (SSSR count). The Labute approximate surface area is 301 Å². The van der Waals surface area contributed by atoms with Crippen LogP contribution < -0.4 is 21.3 Å². The van der Waals surface area contributed by atoms with Gasteiger partial charge in [-0.1, -0.05) is 135 Å². The minimum absolute atomic E-state index is 0.790. The molecule has 1 aromatic heterocycles. The molecule has 1 aliphatic carbocycles. The standard InChI is InChI=1S/C40H31NO.C8H11N/c1-28(21-23-31-13-6-4-5-12-29(31)2)20-22-30(3)33-24-25-38-37(26-33)34-16-8-7-14-32(34)15-11-18-36-35-17-9-10-19-39(35)42-40(36)27-41-38;1-7-5-3-4-6-8(7)9-2/h4,6-27,41H,1,3H2,2H3;3-6,9H,1-2H3/b15-11-,22-20-,23-21-,36-18-,40-27-;. The lowest BCUT2D eigenvalue weighted by atomic mass is 9.94. The highest BCUT2D eigenvalue weighted by Gasteiger charge is 2.11.